The van der Waals surface area contributed by atoms with Gasteiger partial charge in [-0.1, -0.05) is 121 Å². The monoisotopic (exact) mass is 436 g/mol. The van der Waals surface area contributed by atoms with E-state index in [0.29, 0.717) is 6.42 Å². The fourth-order valence-electron chi connectivity index (χ4n) is 5.45. The molecule has 1 aliphatic carbocycles. The molecule has 0 unspecified atom stereocenters. The fraction of sp³-hybridized carbons (Fsp3) is 0.0606. The van der Waals surface area contributed by atoms with Crippen molar-refractivity contribution in [2.24, 2.45) is 0 Å². The zero-order chi connectivity index (χ0) is 23.0. The molecule has 0 bridgehead atoms. The third-order valence-electron chi connectivity index (χ3n) is 7.05. The number of Topliss-reactive ketones (excluding diaryl/α,β-unsaturated/α-hetero) is 1. The Kier molecular flexibility index (Phi) is 4.96. The van der Waals surface area contributed by atoms with Crippen LogP contribution in [0.2, 0.25) is 0 Å². The third kappa shape index (κ3) is 3.21. The van der Waals surface area contributed by atoms with E-state index in [-0.39, 0.29) is 5.78 Å². The summed E-state index contributed by atoms with van der Waals surface area (Å²) >= 11 is 0. The number of fused-ring (bicyclic) bond motifs is 1. The lowest BCUT2D eigenvalue weighted by atomic mass is 9.69. The quantitative estimate of drug-likeness (QED) is 0.279. The van der Waals surface area contributed by atoms with Crippen molar-refractivity contribution in [1.82, 2.24) is 0 Å². The number of ketones is 1. The van der Waals surface area contributed by atoms with Gasteiger partial charge in [0.1, 0.15) is 0 Å². The largest absolute Gasteiger partial charge is 0.294 e. The maximum atomic E-state index is 13.7. The number of hydrogen-bond acceptors (Lipinski definition) is 1. The molecule has 0 aliphatic heterocycles. The summed E-state index contributed by atoms with van der Waals surface area (Å²) < 4.78 is 0. The van der Waals surface area contributed by atoms with Gasteiger partial charge in [-0.2, -0.15) is 0 Å². The van der Waals surface area contributed by atoms with Gasteiger partial charge in [0.15, 0.2) is 5.78 Å². The molecule has 0 saturated heterocycles. The number of rotatable bonds is 4. The Balaban J connectivity index is 1.70. The minimum atomic E-state index is -0.506. The van der Waals surface area contributed by atoms with Crippen molar-refractivity contribution >= 4 is 5.78 Å². The first-order chi connectivity index (χ1) is 16.8. The lowest BCUT2D eigenvalue weighted by Gasteiger charge is -2.32. The molecule has 5 aromatic carbocycles. The van der Waals surface area contributed by atoms with Crippen LogP contribution in [0.5, 0.6) is 0 Å². The summed E-state index contributed by atoms with van der Waals surface area (Å²) in [4.78, 5) is 13.7. The molecule has 0 radical (unpaired) electrons. The second-order valence-electron chi connectivity index (χ2n) is 8.91. The van der Waals surface area contributed by atoms with Gasteiger partial charge < -0.3 is 0 Å². The van der Waals surface area contributed by atoms with Gasteiger partial charge in [-0.25, -0.2) is 0 Å². The van der Waals surface area contributed by atoms with Gasteiger partial charge in [-0.3, -0.25) is 4.79 Å². The van der Waals surface area contributed by atoms with E-state index in [4.69, 9.17) is 0 Å². The van der Waals surface area contributed by atoms with Crippen LogP contribution in [-0.4, -0.2) is 5.78 Å². The van der Waals surface area contributed by atoms with Gasteiger partial charge in [0.2, 0.25) is 0 Å². The normalized spacial score (nSPS) is 14.1. The number of carbonyl (C=O) groups excluding carboxylic acids is 1. The van der Waals surface area contributed by atoms with E-state index in [1.54, 1.807) is 0 Å². The summed E-state index contributed by atoms with van der Waals surface area (Å²) in [6.45, 7) is 0. The molecule has 1 aliphatic rings. The summed E-state index contributed by atoms with van der Waals surface area (Å²) in [6, 6.07) is 46.2. The van der Waals surface area contributed by atoms with Crippen LogP contribution in [0, 0.1) is 0 Å². The van der Waals surface area contributed by atoms with Crippen LogP contribution in [0.1, 0.15) is 33.5 Å². The van der Waals surface area contributed by atoms with Crippen molar-refractivity contribution in [2.45, 2.75) is 11.8 Å². The van der Waals surface area contributed by atoms with E-state index in [2.05, 4.69) is 109 Å². The predicted octanol–water partition coefficient (Wildman–Crippen LogP) is 7.94. The van der Waals surface area contributed by atoms with Crippen molar-refractivity contribution < 1.29 is 4.79 Å². The SMILES string of the molecule is O=C1CC(c2ccccc2)(c2ccccc2)c2cc(-c3ccccc3)c(-c3ccccc3)cc21. The Labute approximate surface area is 200 Å². The van der Waals surface area contributed by atoms with E-state index in [9.17, 15) is 4.79 Å². The first kappa shape index (κ1) is 20.4. The van der Waals surface area contributed by atoms with Crippen molar-refractivity contribution in [3.63, 3.8) is 0 Å². The number of carbonyl (C=O) groups is 1. The highest BCUT2D eigenvalue weighted by molar-refractivity contribution is 6.06. The lowest BCUT2D eigenvalue weighted by molar-refractivity contribution is 0.0984. The Bertz CT molecular complexity index is 1410. The minimum absolute atomic E-state index is 0.194. The summed E-state index contributed by atoms with van der Waals surface area (Å²) in [6.07, 6.45) is 0.433. The van der Waals surface area contributed by atoms with Crippen LogP contribution in [0.4, 0.5) is 0 Å². The van der Waals surface area contributed by atoms with E-state index in [1.165, 1.54) is 0 Å². The molecule has 0 spiro atoms. The topological polar surface area (TPSA) is 17.1 Å². The molecular weight excluding hydrogens is 412 g/mol. The van der Waals surface area contributed by atoms with Crippen LogP contribution >= 0.6 is 0 Å². The maximum absolute atomic E-state index is 13.7. The highest BCUT2D eigenvalue weighted by atomic mass is 16.1. The van der Waals surface area contributed by atoms with Crippen LogP contribution in [-0.2, 0) is 5.41 Å². The number of benzene rings is 5. The van der Waals surface area contributed by atoms with Crippen molar-refractivity contribution in [3.8, 4) is 22.3 Å². The standard InChI is InChI=1S/C33H24O/c34-32-23-33(26-17-9-3-10-18-26,27-19-11-4-12-20-27)31-22-29(25-15-7-2-8-16-25)28(21-30(31)32)24-13-5-1-6-14-24/h1-22H,23H2. The van der Waals surface area contributed by atoms with Crippen LogP contribution in [0.3, 0.4) is 0 Å². The molecule has 1 heteroatoms. The van der Waals surface area contributed by atoms with E-state index in [1.807, 2.05) is 24.3 Å². The minimum Gasteiger partial charge on any atom is -0.294 e. The van der Waals surface area contributed by atoms with Gasteiger partial charge in [0.05, 0.1) is 5.41 Å². The zero-order valence-electron chi connectivity index (χ0n) is 18.8. The average molecular weight is 437 g/mol. The summed E-state index contributed by atoms with van der Waals surface area (Å²) in [5, 5.41) is 0. The Morgan fingerprint density at radius 2 is 0.882 bits per heavy atom. The molecule has 0 fully saturated rings. The molecule has 5 aromatic rings. The first-order valence-electron chi connectivity index (χ1n) is 11.7. The molecule has 34 heavy (non-hydrogen) atoms. The third-order valence-corrected chi connectivity index (χ3v) is 7.05. The molecular formula is C33H24O. The number of hydrogen-bond donors (Lipinski definition) is 0. The molecule has 162 valence electrons. The van der Waals surface area contributed by atoms with Gasteiger partial charge in [0, 0.05) is 12.0 Å². The van der Waals surface area contributed by atoms with Crippen LogP contribution in [0.25, 0.3) is 22.3 Å². The Hall–Kier alpha value is -4.23. The highest BCUT2D eigenvalue weighted by Gasteiger charge is 2.46. The van der Waals surface area contributed by atoms with Crippen LogP contribution in [0.15, 0.2) is 133 Å². The Morgan fingerprint density at radius 3 is 1.35 bits per heavy atom. The molecule has 0 saturated carbocycles. The fourth-order valence-corrected chi connectivity index (χ4v) is 5.45. The first-order valence-corrected chi connectivity index (χ1v) is 11.7. The second-order valence-corrected chi connectivity index (χ2v) is 8.91. The molecule has 0 heterocycles. The molecule has 0 amide bonds. The lowest BCUT2D eigenvalue weighted by Crippen LogP contribution is -2.27. The molecule has 0 N–H and O–H groups in total. The molecule has 0 atom stereocenters. The predicted molar refractivity (Wildman–Crippen MR) is 139 cm³/mol. The summed E-state index contributed by atoms with van der Waals surface area (Å²) in [5.74, 6) is 0.194. The smallest absolute Gasteiger partial charge is 0.164 e. The van der Waals surface area contributed by atoms with Gasteiger partial charge >= 0.3 is 0 Å². The summed E-state index contributed by atoms with van der Waals surface area (Å²) in [7, 11) is 0. The van der Waals surface area contributed by atoms with Gasteiger partial charge in [-0.05, 0) is 51.1 Å². The maximum Gasteiger partial charge on any atom is 0.164 e. The molecule has 6 rings (SSSR count). The van der Waals surface area contributed by atoms with Crippen molar-refractivity contribution in [3.05, 3.63) is 156 Å². The zero-order valence-corrected chi connectivity index (χ0v) is 18.8. The van der Waals surface area contributed by atoms with Crippen LogP contribution < -0.4 is 0 Å². The van der Waals surface area contributed by atoms with E-state index in [0.717, 1.165) is 44.5 Å². The Morgan fingerprint density at radius 1 is 0.471 bits per heavy atom. The highest BCUT2D eigenvalue weighted by Crippen LogP contribution is 2.51. The van der Waals surface area contributed by atoms with E-state index < -0.39 is 5.41 Å². The van der Waals surface area contributed by atoms with Crippen molar-refractivity contribution in [1.29, 1.82) is 0 Å². The van der Waals surface area contributed by atoms with E-state index >= 15 is 0 Å². The average Bonchev–Trinajstić information content (AvgIpc) is 3.22. The summed E-state index contributed by atoms with van der Waals surface area (Å²) in [5.41, 5.74) is 8.23. The second kappa shape index (κ2) is 8.28. The van der Waals surface area contributed by atoms with Crippen molar-refractivity contribution in [2.75, 3.05) is 0 Å². The molecule has 0 aromatic heterocycles. The molecule has 1 nitrogen and oxygen atoms in total. The van der Waals surface area contributed by atoms with Gasteiger partial charge in [-0.15, -0.1) is 0 Å². The van der Waals surface area contributed by atoms with Gasteiger partial charge in [0.25, 0.3) is 0 Å².